The van der Waals surface area contributed by atoms with E-state index in [0.717, 1.165) is 6.42 Å². The zero-order valence-corrected chi connectivity index (χ0v) is 12.4. The van der Waals surface area contributed by atoms with E-state index in [-0.39, 0.29) is 11.1 Å². The van der Waals surface area contributed by atoms with E-state index in [0.29, 0.717) is 36.4 Å². The summed E-state index contributed by atoms with van der Waals surface area (Å²) in [7, 11) is 0. The number of nitrogens with zero attached hydrogens (tertiary/aromatic N) is 2. The number of ether oxygens (including phenoxy) is 1. The maximum Gasteiger partial charge on any atom is 0.291 e. The molecule has 6 heteroatoms. The summed E-state index contributed by atoms with van der Waals surface area (Å²) in [6, 6.07) is 0. The second kappa shape index (κ2) is 5.37. The Morgan fingerprint density at radius 3 is 3.00 bits per heavy atom. The molecule has 1 N–H and O–H groups in total. The molecule has 1 saturated carbocycles. The van der Waals surface area contributed by atoms with Crippen LogP contribution in [-0.4, -0.2) is 28.5 Å². The van der Waals surface area contributed by atoms with Crippen LogP contribution in [0.3, 0.4) is 0 Å². The van der Waals surface area contributed by atoms with Gasteiger partial charge < -0.3 is 10.1 Å². The Bertz CT molecular complexity index is 548. The highest BCUT2D eigenvalue weighted by molar-refractivity contribution is 6.33. The molecule has 0 spiro atoms. The SMILES string of the molecule is CC1(Nc2c(Cl)cnn(CC3CCC3)c2=O)CCOC1. The van der Waals surface area contributed by atoms with Crippen LogP contribution < -0.4 is 10.9 Å². The normalized spacial score (nSPS) is 26.5. The topological polar surface area (TPSA) is 56.2 Å². The van der Waals surface area contributed by atoms with E-state index in [1.165, 1.54) is 23.9 Å². The average Bonchev–Trinajstić information content (AvgIpc) is 2.79. The first-order valence-electron chi connectivity index (χ1n) is 7.19. The molecule has 0 amide bonds. The van der Waals surface area contributed by atoms with Crippen LogP contribution in [0.5, 0.6) is 0 Å². The average molecular weight is 298 g/mol. The van der Waals surface area contributed by atoms with Crippen molar-refractivity contribution in [2.45, 2.75) is 44.7 Å². The van der Waals surface area contributed by atoms with E-state index in [1.54, 1.807) is 6.20 Å². The summed E-state index contributed by atoms with van der Waals surface area (Å²) in [5.74, 6) is 0.583. The summed E-state index contributed by atoms with van der Waals surface area (Å²) in [6.45, 7) is 4.04. The number of aromatic nitrogens is 2. The van der Waals surface area contributed by atoms with E-state index >= 15 is 0 Å². The largest absolute Gasteiger partial charge is 0.379 e. The molecule has 1 aliphatic heterocycles. The fraction of sp³-hybridized carbons (Fsp3) is 0.714. The molecule has 3 rings (SSSR count). The third-order valence-electron chi connectivity index (χ3n) is 4.30. The van der Waals surface area contributed by atoms with Gasteiger partial charge in [-0.15, -0.1) is 0 Å². The smallest absolute Gasteiger partial charge is 0.291 e. The highest BCUT2D eigenvalue weighted by Crippen LogP contribution is 2.28. The maximum atomic E-state index is 12.5. The lowest BCUT2D eigenvalue weighted by molar-refractivity contribution is 0.185. The molecule has 2 fully saturated rings. The maximum absolute atomic E-state index is 12.5. The van der Waals surface area contributed by atoms with E-state index in [1.807, 2.05) is 6.92 Å². The van der Waals surface area contributed by atoms with Crippen LogP contribution in [0.15, 0.2) is 11.0 Å². The van der Waals surface area contributed by atoms with Gasteiger partial charge in [-0.2, -0.15) is 5.10 Å². The van der Waals surface area contributed by atoms with Gasteiger partial charge in [0.25, 0.3) is 5.56 Å². The lowest BCUT2D eigenvalue weighted by Gasteiger charge is -2.27. The van der Waals surface area contributed by atoms with Gasteiger partial charge >= 0.3 is 0 Å². The first kappa shape index (κ1) is 13.9. The van der Waals surface area contributed by atoms with Crippen molar-refractivity contribution in [1.82, 2.24) is 9.78 Å². The molecule has 1 aromatic rings. The highest BCUT2D eigenvalue weighted by atomic mass is 35.5. The van der Waals surface area contributed by atoms with Gasteiger partial charge in [0.1, 0.15) is 5.69 Å². The van der Waals surface area contributed by atoms with Gasteiger partial charge in [-0.3, -0.25) is 4.79 Å². The molecule has 110 valence electrons. The van der Waals surface area contributed by atoms with Crippen molar-refractivity contribution in [2.24, 2.45) is 5.92 Å². The molecule has 1 unspecified atom stereocenters. The van der Waals surface area contributed by atoms with E-state index in [2.05, 4.69) is 10.4 Å². The van der Waals surface area contributed by atoms with Gasteiger partial charge in [0.05, 0.1) is 23.4 Å². The molecule has 2 aliphatic rings. The quantitative estimate of drug-likeness (QED) is 0.926. The predicted molar refractivity (Wildman–Crippen MR) is 78.3 cm³/mol. The first-order chi connectivity index (χ1) is 9.57. The highest BCUT2D eigenvalue weighted by Gasteiger charge is 2.31. The number of anilines is 1. The van der Waals surface area contributed by atoms with Gasteiger partial charge in [0.2, 0.25) is 0 Å². The fourth-order valence-corrected chi connectivity index (χ4v) is 2.87. The van der Waals surface area contributed by atoms with E-state index < -0.39 is 0 Å². The minimum absolute atomic E-state index is 0.127. The molecule has 5 nitrogen and oxygen atoms in total. The Morgan fingerprint density at radius 2 is 2.40 bits per heavy atom. The van der Waals surface area contributed by atoms with E-state index in [4.69, 9.17) is 16.3 Å². The zero-order chi connectivity index (χ0) is 14.2. The van der Waals surface area contributed by atoms with Crippen LogP contribution in [0.1, 0.15) is 32.6 Å². The molecule has 0 bridgehead atoms. The third-order valence-corrected chi connectivity index (χ3v) is 4.59. The molecule has 1 aliphatic carbocycles. The number of rotatable bonds is 4. The standard InChI is InChI=1S/C14H20ClN3O2/c1-14(5-6-20-9-14)17-12-11(15)7-16-18(13(12)19)8-10-3-2-4-10/h7,10,17H,2-6,8-9H2,1H3. The Morgan fingerprint density at radius 1 is 1.60 bits per heavy atom. The third kappa shape index (κ3) is 2.69. The molecular formula is C14H20ClN3O2. The summed E-state index contributed by atoms with van der Waals surface area (Å²) in [5.41, 5.74) is 0.102. The summed E-state index contributed by atoms with van der Waals surface area (Å²) >= 11 is 6.15. The van der Waals surface area contributed by atoms with Gasteiger partial charge in [-0.05, 0) is 32.1 Å². The second-order valence-corrected chi connectivity index (χ2v) is 6.55. The van der Waals surface area contributed by atoms with Crippen molar-refractivity contribution in [3.05, 3.63) is 21.6 Å². The van der Waals surface area contributed by atoms with Crippen molar-refractivity contribution >= 4 is 17.3 Å². The minimum atomic E-state index is -0.224. The number of nitrogens with one attached hydrogen (secondary N) is 1. The monoisotopic (exact) mass is 297 g/mol. The van der Waals surface area contributed by atoms with Gasteiger partial charge in [-0.1, -0.05) is 18.0 Å². The van der Waals surface area contributed by atoms with Crippen molar-refractivity contribution in [3.63, 3.8) is 0 Å². The lowest BCUT2D eigenvalue weighted by Crippen LogP contribution is -2.39. The van der Waals surface area contributed by atoms with Crippen molar-refractivity contribution in [3.8, 4) is 0 Å². The van der Waals surface area contributed by atoms with Gasteiger partial charge in [0, 0.05) is 13.2 Å². The van der Waals surface area contributed by atoms with Crippen LogP contribution in [0, 0.1) is 5.92 Å². The fourth-order valence-electron chi connectivity index (χ4n) is 2.70. The van der Waals surface area contributed by atoms with Gasteiger partial charge in [-0.25, -0.2) is 4.68 Å². The summed E-state index contributed by atoms with van der Waals surface area (Å²) in [6.07, 6.45) is 6.06. The summed E-state index contributed by atoms with van der Waals surface area (Å²) < 4.78 is 6.94. The Hall–Kier alpha value is -1.07. The first-order valence-corrected chi connectivity index (χ1v) is 7.57. The molecule has 1 aromatic heterocycles. The van der Waals surface area contributed by atoms with Crippen LogP contribution >= 0.6 is 11.6 Å². The molecule has 0 aromatic carbocycles. The molecule has 1 atom stereocenters. The number of hydrogen-bond acceptors (Lipinski definition) is 4. The predicted octanol–water partition coefficient (Wildman–Crippen LogP) is 2.29. The minimum Gasteiger partial charge on any atom is -0.379 e. The zero-order valence-electron chi connectivity index (χ0n) is 11.7. The molecule has 0 radical (unpaired) electrons. The van der Waals surface area contributed by atoms with Crippen molar-refractivity contribution in [2.75, 3.05) is 18.5 Å². The van der Waals surface area contributed by atoms with Crippen LogP contribution in [0.2, 0.25) is 5.02 Å². The van der Waals surface area contributed by atoms with Gasteiger partial charge in [0.15, 0.2) is 0 Å². The van der Waals surface area contributed by atoms with E-state index in [9.17, 15) is 4.79 Å². The Balaban J connectivity index is 1.84. The Labute approximate surface area is 123 Å². The summed E-state index contributed by atoms with van der Waals surface area (Å²) in [5, 5.41) is 7.81. The number of hydrogen-bond donors (Lipinski definition) is 1. The van der Waals surface area contributed by atoms with Crippen molar-refractivity contribution in [1.29, 1.82) is 0 Å². The Kier molecular flexibility index (Phi) is 3.73. The molecule has 20 heavy (non-hydrogen) atoms. The van der Waals surface area contributed by atoms with Crippen LogP contribution in [0.25, 0.3) is 0 Å². The van der Waals surface area contributed by atoms with Crippen molar-refractivity contribution < 1.29 is 4.74 Å². The lowest BCUT2D eigenvalue weighted by atomic mass is 9.85. The molecule has 1 saturated heterocycles. The number of halogens is 1. The summed E-state index contributed by atoms with van der Waals surface area (Å²) in [4.78, 5) is 12.5. The van der Waals surface area contributed by atoms with Crippen LogP contribution in [0.4, 0.5) is 5.69 Å². The van der Waals surface area contributed by atoms with Crippen LogP contribution in [-0.2, 0) is 11.3 Å². The molecule has 2 heterocycles. The second-order valence-electron chi connectivity index (χ2n) is 6.14. The molecular weight excluding hydrogens is 278 g/mol.